The Kier molecular flexibility index (Phi) is 7.33. The maximum Gasteiger partial charge on any atom is 0.303 e. The first-order valence-electron chi connectivity index (χ1n) is 14.1. The number of nitrogen functional groups attached to an aromatic ring is 1. The van der Waals surface area contributed by atoms with Crippen molar-refractivity contribution in [2.75, 3.05) is 12.8 Å². The van der Waals surface area contributed by atoms with Crippen molar-refractivity contribution >= 4 is 28.9 Å². The van der Waals surface area contributed by atoms with Crippen molar-refractivity contribution in [2.45, 2.75) is 38.0 Å². The molecule has 0 aliphatic heterocycles. The van der Waals surface area contributed by atoms with E-state index in [2.05, 4.69) is 46.4 Å². The van der Waals surface area contributed by atoms with Crippen LogP contribution in [0.3, 0.4) is 0 Å². The van der Waals surface area contributed by atoms with Crippen LogP contribution >= 0.6 is 0 Å². The molecule has 6 rings (SSSR count). The third kappa shape index (κ3) is 5.75. The number of pyridine rings is 1. The minimum absolute atomic E-state index is 0.294. The number of fused-ring (bicyclic) bond motifs is 1. The molecule has 3 aromatic carbocycles. The minimum Gasteiger partial charge on any atom is -0.481 e. The lowest BCUT2D eigenvalue weighted by atomic mass is 9.77. The van der Waals surface area contributed by atoms with E-state index in [1.54, 1.807) is 13.3 Å². The highest BCUT2D eigenvalue weighted by Gasteiger charge is 2.24. The van der Waals surface area contributed by atoms with E-state index in [0.717, 1.165) is 76.1 Å². The molecule has 0 radical (unpaired) electrons. The molecule has 7 nitrogen and oxygen atoms in total. The molecule has 2 aromatic heterocycles. The summed E-state index contributed by atoms with van der Waals surface area (Å²) in [6, 6.07) is 24.9. The maximum atomic E-state index is 11.0. The van der Waals surface area contributed by atoms with Gasteiger partial charge in [-0.1, -0.05) is 42.5 Å². The van der Waals surface area contributed by atoms with Crippen LogP contribution < -0.4 is 5.73 Å². The number of nitrogens with two attached hydrogens (primary N) is 1. The third-order valence-electron chi connectivity index (χ3n) is 8.20. The van der Waals surface area contributed by atoms with E-state index < -0.39 is 5.97 Å². The quantitative estimate of drug-likeness (QED) is 0.147. The Hall–Kier alpha value is -4.78. The second kappa shape index (κ2) is 11.4. The van der Waals surface area contributed by atoms with E-state index in [9.17, 15) is 4.79 Å². The first-order valence-corrected chi connectivity index (χ1v) is 14.1. The maximum absolute atomic E-state index is 11.0. The third-order valence-corrected chi connectivity index (χ3v) is 8.20. The van der Waals surface area contributed by atoms with Crippen LogP contribution in [0.1, 0.15) is 49.1 Å². The van der Waals surface area contributed by atoms with Crippen molar-refractivity contribution in [1.29, 1.82) is 0 Å². The molecule has 1 aliphatic carbocycles. The van der Waals surface area contributed by atoms with Crippen LogP contribution in [0.4, 0.5) is 5.69 Å². The Labute approximate surface area is 239 Å². The number of nitrogens with one attached hydrogen (secondary N) is 1. The van der Waals surface area contributed by atoms with Gasteiger partial charge in [-0.2, -0.15) is 0 Å². The molecule has 0 amide bonds. The van der Waals surface area contributed by atoms with Gasteiger partial charge in [0.15, 0.2) is 0 Å². The van der Waals surface area contributed by atoms with Crippen molar-refractivity contribution < 1.29 is 9.90 Å². The number of carboxylic acids is 1. The molecule has 206 valence electrons. The van der Waals surface area contributed by atoms with E-state index in [4.69, 9.17) is 20.8 Å². The lowest BCUT2D eigenvalue weighted by Crippen LogP contribution is -2.16. The number of benzene rings is 3. The highest BCUT2D eigenvalue weighted by molar-refractivity contribution is 5.90. The number of aliphatic carboxylic acids is 1. The fraction of sp³-hybridized carbons (Fsp3) is 0.235. The molecule has 7 heteroatoms. The smallest absolute Gasteiger partial charge is 0.303 e. The number of hydrogen-bond donors (Lipinski definition) is 3. The number of carbonyl (C=O) groups is 1. The van der Waals surface area contributed by atoms with E-state index in [0.29, 0.717) is 23.9 Å². The van der Waals surface area contributed by atoms with Gasteiger partial charge in [0.25, 0.3) is 0 Å². The molecule has 0 spiro atoms. The molecule has 5 aromatic rings. The SMILES string of the molecule is CN=Cc1ccc(-c2ccc3nc(-c4ccc(-c5ccc(C6CCC(CC(=O)O)CC6)cc5)nc4)[nH]c3c2)cc1N. The largest absolute Gasteiger partial charge is 0.481 e. The Morgan fingerprint density at radius 3 is 2.34 bits per heavy atom. The van der Waals surface area contributed by atoms with Gasteiger partial charge in [0, 0.05) is 48.3 Å². The number of aliphatic imine (C=N–C) groups is 1. The predicted octanol–water partition coefficient (Wildman–Crippen LogP) is 7.34. The van der Waals surface area contributed by atoms with Crippen molar-refractivity contribution in [2.24, 2.45) is 10.9 Å². The lowest BCUT2D eigenvalue weighted by molar-refractivity contribution is -0.138. The number of rotatable bonds is 7. The number of hydrogen-bond acceptors (Lipinski definition) is 5. The van der Waals surface area contributed by atoms with E-state index in [1.807, 2.05) is 42.6 Å². The minimum atomic E-state index is -0.683. The summed E-state index contributed by atoms with van der Waals surface area (Å²) in [7, 11) is 1.73. The van der Waals surface area contributed by atoms with Crippen LogP contribution in [0, 0.1) is 5.92 Å². The van der Waals surface area contributed by atoms with Gasteiger partial charge in [0.2, 0.25) is 0 Å². The monoisotopic (exact) mass is 543 g/mol. The second-order valence-corrected chi connectivity index (χ2v) is 10.9. The number of aromatic nitrogens is 3. The molecule has 1 saturated carbocycles. The Bertz CT molecular complexity index is 1710. The summed E-state index contributed by atoms with van der Waals surface area (Å²) in [5, 5.41) is 9.06. The van der Waals surface area contributed by atoms with Crippen LogP contribution in [0.15, 0.2) is 84.0 Å². The summed E-state index contributed by atoms with van der Waals surface area (Å²) in [6.07, 6.45) is 8.00. The average molecular weight is 544 g/mol. The topological polar surface area (TPSA) is 117 Å². The first kappa shape index (κ1) is 26.4. The predicted molar refractivity (Wildman–Crippen MR) is 165 cm³/mol. The average Bonchev–Trinajstić information content (AvgIpc) is 3.42. The molecule has 41 heavy (non-hydrogen) atoms. The zero-order chi connectivity index (χ0) is 28.3. The van der Waals surface area contributed by atoms with Gasteiger partial charge in [0.1, 0.15) is 5.82 Å². The fourth-order valence-corrected chi connectivity index (χ4v) is 5.91. The van der Waals surface area contributed by atoms with Crippen molar-refractivity contribution in [1.82, 2.24) is 15.0 Å². The number of H-pyrrole nitrogens is 1. The summed E-state index contributed by atoms with van der Waals surface area (Å²) >= 11 is 0. The van der Waals surface area contributed by atoms with E-state index in [-0.39, 0.29) is 0 Å². The Morgan fingerprint density at radius 2 is 1.66 bits per heavy atom. The molecular formula is C34H33N5O2. The molecule has 1 aliphatic rings. The van der Waals surface area contributed by atoms with Crippen LogP contribution in [0.25, 0.3) is 44.8 Å². The molecule has 0 unspecified atom stereocenters. The van der Waals surface area contributed by atoms with Gasteiger partial charge in [-0.05, 0) is 84.5 Å². The number of anilines is 1. The van der Waals surface area contributed by atoms with E-state index in [1.165, 1.54) is 5.56 Å². The van der Waals surface area contributed by atoms with Crippen molar-refractivity contribution in [3.05, 3.63) is 90.1 Å². The molecular weight excluding hydrogens is 510 g/mol. The van der Waals surface area contributed by atoms with Crippen LogP contribution in [-0.4, -0.2) is 39.3 Å². The molecule has 4 N–H and O–H groups in total. The highest BCUT2D eigenvalue weighted by Crippen LogP contribution is 2.37. The van der Waals surface area contributed by atoms with Crippen molar-refractivity contribution in [3.8, 4) is 33.8 Å². The summed E-state index contributed by atoms with van der Waals surface area (Å²) in [5.74, 6) is 0.916. The molecule has 2 heterocycles. The van der Waals surface area contributed by atoms with Gasteiger partial charge in [-0.15, -0.1) is 0 Å². The summed E-state index contributed by atoms with van der Waals surface area (Å²) < 4.78 is 0. The number of carboxylic acid groups (broad SMARTS) is 1. The fourth-order valence-electron chi connectivity index (χ4n) is 5.91. The first-order chi connectivity index (χ1) is 20.0. The normalized spacial score (nSPS) is 17.3. The van der Waals surface area contributed by atoms with Crippen LogP contribution in [0.5, 0.6) is 0 Å². The number of aromatic amines is 1. The van der Waals surface area contributed by atoms with Gasteiger partial charge < -0.3 is 15.8 Å². The highest BCUT2D eigenvalue weighted by atomic mass is 16.4. The lowest BCUT2D eigenvalue weighted by Gasteiger charge is -2.28. The second-order valence-electron chi connectivity index (χ2n) is 10.9. The summed E-state index contributed by atoms with van der Waals surface area (Å²) in [5.41, 5.74) is 16.0. The van der Waals surface area contributed by atoms with Crippen LogP contribution in [-0.2, 0) is 4.79 Å². The summed E-state index contributed by atoms with van der Waals surface area (Å²) in [6.45, 7) is 0. The standard InChI is InChI=1S/C34H33N5O2/c1-36-19-27-11-10-25(17-29(27)35)26-12-15-31-32(18-26)39-34(38-31)28-13-14-30(37-20-28)24-8-6-23(7-9-24)22-4-2-21(3-5-22)16-33(40)41/h6-15,17-22H,2-5,16,35H2,1H3,(H,38,39)(H,40,41). The molecule has 0 bridgehead atoms. The number of imidazole rings is 1. The molecule has 0 saturated heterocycles. The molecule has 1 fully saturated rings. The van der Waals surface area contributed by atoms with E-state index >= 15 is 0 Å². The van der Waals surface area contributed by atoms with Gasteiger partial charge >= 0.3 is 5.97 Å². The number of nitrogens with zero attached hydrogens (tertiary/aromatic N) is 3. The Morgan fingerprint density at radius 1 is 0.951 bits per heavy atom. The Balaban J connectivity index is 1.15. The zero-order valence-corrected chi connectivity index (χ0v) is 23.0. The van der Waals surface area contributed by atoms with Gasteiger partial charge in [0.05, 0.1) is 16.7 Å². The van der Waals surface area contributed by atoms with Crippen LogP contribution in [0.2, 0.25) is 0 Å². The summed E-state index contributed by atoms with van der Waals surface area (Å²) in [4.78, 5) is 28.0. The molecule has 0 atom stereocenters. The van der Waals surface area contributed by atoms with Gasteiger partial charge in [-0.25, -0.2) is 4.98 Å². The van der Waals surface area contributed by atoms with Gasteiger partial charge in [-0.3, -0.25) is 14.8 Å². The van der Waals surface area contributed by atoms with Crippen molar-refractivity contribution in [3.63, 3.8) is 0 Å². The zero-order valence-electron chi connectivity index (χ0n) is 23.0.